The molecule has 1 unspecified atom stereocenters. The minimum atomic E-state index is 0.0899. The molecule has 3 heteroatoms. The average Bonchev–Trinajstić information content (AvgIpc) is 2.34. The molecule has 0 radical (unpaired) electrons. The normalized spacial score (nSPS) is 12.5. The third kappa shape index (κ3) is 4.89. The molecule has 1 aromatic rings. The van der Waals surface area contributed by atoms with Crippen molar-refractivity contribution >= 4 is 27.5 Å². The molecule has 1 atom stereocenters. The maximum Gasteiger partial charge on any atom is 0.120 e. The molecular formula is C14H20BrClO. The fourth-order valence-corrected chi connectivity index (χ4v) is 2.91. The first-order valence-electron chi connectivity index (χ1n) is 6.16. The van der Waals surface area contributed by atoms with Crippen molar-refractivity contribution in [2.75, 3.05) is 7.11 Å². The lowest BCUT2D eigenvalue weighted by Crippen LogP contribution is -1.93. The average molecular weight is 320 g/mol. The highest BCUT2D eigenvalue weighted by Gasteiger charge is 2.11. The van der Waals surface area contributed by atoms with Crippen molar-refractivity contribution in [3.8, 4) is 5.75 Å². The van der Waals surface area contributed by atoms with Crippen LogP contribution in [0.5, 0.6) is 5.75 Å². The van der Waals surface area contributed by atoms with Crippen molar-refractivity contribution in [3.63, 3.8) is 0 Å². The molecule has 1 rings (SSSR count). The second-order valence-electron chi connectivity index (χ2n) is 4.20. The summed E-state index contributed by atoms with van der Waals surface area (Å²) in [6.45, 7) is 2.22. The van der Waals surface area contributed by atoms with Gasteiger partial charge in [-0.3, -0.25) is 0 Å². The topological polar surface area (TPSA) is 9.23 Å². The monoisotopic (exact) mass is 318 g/mol. The van der Waals surface area contributed by atoms with Gasteiger partial charge in [0.2, 0.25) is 0 Å². The van der Waals surface area contributed by atoms with Crippen molar-refractivity contribution in [1.82, 2.24) is 0 Å². The molecule has 0 spiro atoms. The maximum absolute atomic E-state index is 6.42. The van der Waals surface area contributed by atoms with Crippen LogP contribution in [0.3, 0.4) is 0 Å². The van der Waals surface area contributed by atoms with Gasteiger partial charge in [-0.25, -0.2) is 0 Å². The van der Waals surface area contributed by atoms with Crippen LogP contribution in [0.25, 0.3) is 0 Å². The second-order valence-corrected chi connectivity index (χ2v) is 5.59. The molecule has 0 saturated carbocycles. The quantitative estimate of drug-likeness (QED) is 0.462. The van der Waals surface area contributed by atoms with Gasteiger partial charge >= 0.3 is 0 Å². The van der Waals surface area contributed by atoms with Gasteiger partial charge in [0, 0.05) is 4.47 Å². The third-order valence-corrected chi connectivity index (χ3v) is 4.00. The van der Waals surface area contributed by atoms with Gasteiger partial charge in [-0.05, 0) is 24.1 Å². The number of benzene rings is 1. The molecule has 1 nitrogen and oxygen atoms in total. The van der Waals surface area contributed by atoms with Gasteiger partial charge < -0.3 is 4.74 Å². The van der Waals surface area contributed by atoms with Crippen molar-refractivity contribution in [2.45, 2.75) is 44.4 Å². The molecule has 0 aromatic heterocycles. The summed E-state index contributed by atoms with van der Waals surface area (Å²) in [5.41, 5.74) is 1.16. The summed E-state index contributed by atoms with van der Waals surface area (Å²) in [6.07, 6.45) is 6.06. The number of ether oxygens (including phenoxy) is 1. The first-order valence-corrected chi connectivity index (χ1v) is 7.39. The van der Waals surface area contributed by atoms with Crippen molar-refractivity contribution in [3.05, 3.63) is 28.2 Å². The highest BCUT2D eigenvalue weighted by atomic mass is 79.9. The highest BCUT2D eigenvalue weighted by molar-refractivity contribution is 9.10. The zero-order valence-corrected chi connectivity index (χ0v) is 12.9. The van der Waals surface area contributed by atoms with E-state index in [1.165, 1.54) is 25.7 Å². The molecule has 0 aliphatic carbocycles. The summed E-state index contributed by atoms with van der Waals surface area (Å²) >= 11 is 9.96. The van der Waals surface area contributed by atoms with Crippen LogP contribution in [0.2, 0.25) is 0 Å². The lowest BCUT2D eigenvalue weighted by atomic mass is 10.0. The zero-order valence-electron chi connectivity index (χ0n) is 10.5. The molecule has 17 heavy (non-hydrogen) atoms. The van der Waals surface area contributed by atoms with Crippen molar-refractivity contribution in [2.24, 2.45) is 0 Å². The SMILES string of the molecule is CCCCCCC(Cl)c1ccc(OC)cc1Br. The van der Waals surface area contributed by atoms with Crippen LogP contribution in [-0.4, -0.2) is 7.11 Å². The van der Waals surface area contributed by atoms with Gasteiger partial charge in [-0.15, -0.1) is 11.6 Å². The van der Waals surface area contributed by atoms with Gasteiger partial charge in [0.1, 0.15) is 5.75 Å². The predicted octanol–water partition coefficient (Wildman–Crippen LogP) is 5.71. The van der Waals surface area contributed by atoms with Gasteiger partial charge in [0.05, 0.1) is 12.5 Å². The summed E-state index contributed by atoms with van der Waals surface area (Å²) in [7, 11) is 1.67. The highest BCUT2D eigenvalue weighted by Crippen LogP contribution is 2.34. The minimum absolute atomic E-state index is 0.0899. The Balaban J connectivity index is 2.53. The number of hydrogen-bond donors (Lipinski definition) is 0. The number of methoxy groups -OCH3 is 1. The van der Waals surface area contributed by atoms with Gasteiger partial charge in [-0.2, -0.15) is 0 Å². The Morgan fingerprint density at radius 1 is 1.29 bits per heavy atom. The molecule has 0 aliphatic rings. The number of rotatable bonds is 7. The largest absolute Gasteiger partial charge is 0.497 e. The molecule has 0 fully saturated rings. The molecule has 1 aromatic carbocycles. The smallest absolute Gasteiger partial charge is 0.120 e. The molecule has 0 N–H and O–H groups in total. The standard InChI is InChI=1S/C14H20BrClO/c1-3-4-5-6-7-14(16)12-9-8-11(17-2)10-13(12)15/h8-10,14H,3-7H2,1-2H3. The number of halogens is 2. The van der Waals surface area contributed by atoms with Crippen LogP contribution in [0, 0.1) is 0 Å². The summed E-state index contributed by atoms with van der Waals surface area (Å²) < 4.78 is 6.20. The summed E-state index contributed by atoms with van der Waals surface area (Å²) in [6, 6.07) is 5.97. The lowest BCUT2D eigenvalue weighted by molar-refractivity contribution is 0.414. The Labute approximate surface area is 118 Å². The van der Waals surface area contributed by atoms with E-state index in [2.05, 4.69) is 22.9 Å². The Hall–Kier alpha value is -0.210. The van der Waals surface area contributed by atoms with Gasteiger partial charge in [-0.1, -0.05) is 54.6 Å². The maximum atomic E-state index is 6.42. The Kier molecular flexibility index (Phi) is 6.98. The summed E-state index contributed by atoms with van der Waals surface area (Å²) in [5, 5.41) is 0.0899. The van der Waals surface area contributed by atoms with Gasteiger partial charge in [0.15, 0.2) is 0 Å². The van der Waals surface area contributed by atoms with Crippen LogP contribution in [-0.2, 0) is 0 Å². The molecule has 0 amide bonds. The lowest BCUT2D eigenvalue weighted by Gasteiger charge is -2.12. The van der Waals surface area contributed by atoms with E-state index in [9.17, 15) is 0 Å². The second kappa shape index (κ2) is 7.99. The van der Waals surface area contributed by atoms with E-state index < -0.39 is 0 Å². The molecule has 96 valence electrons. The van der Waals surface area contributed by atoms with Crippen molar-refractivity contribution in [1.29, 1.82) is 0 Å². The van der Waals surface area contributed by atoms with E-state index >= 15 is 0 Å². The molecule has 0 aliphatic heterocycles. The van der Waals surface area contributed by atoms with Gasteiger partial charge in [0.25, 0.3) is 0 Å². The Bertz CT molecular complexity index is 341. The Morgan fingerprint density at radius 3 is 2.65 bits per heavy atom. The van der Waals surface area contributed by atoms with Crippen LogP contribution in [0.4, 0.5) is 0 Å². The molecule has 0 bridgehead atoms. The van der Waals surface area contributed by atoms with Crippen molar-refractivity contribution < 1.29 is 4.74 Å². The summed E-state index contributed by atoms with van der Waals surface area (Å²) in [5.74, 6) is 0.857. The van der Waals surface area contributed by atoms with E-state index in [1.807, 2.05) is 18.2 Å². The van der Waals surface area contributed by atoms with E-state index in [0.29, 0.717) is 0 Å². The van der Waals surface area contributed by atoms with Crippen LogP contribution in [0.1, 0.15) is 50.0 Å². The van der Waals surface area contributed by atoms with E-state index in [4.69, 9.17) is 16.3 Å². The first kappa shape index (κ1) is 14.8. The fourth-order valence-electron chi connectivity index (χ4n) is 1.79. The third-order valence-electron chi connectivity index (χ3n) is 2.86. The van der Waals surface area contributed by atoms with E-state index in [1.54, 1.807) is 7.11 Å². The zero-order chi connectivity index (χ0) is 12.7. The van der Waals surface area contributed by atoms with E-state index in [-0.39, 0.29) is 5.38 Å². The molecular weight excluding hydrogens is 300 g/mol. The number of hydrogen-bond acceptors (Lipinski definition) is 1. The van der Waals surface area contributed by atoms with Crippen LogP contribution >= 0.6 is 27.5 Å². The minimum Gasteiger partial charge on any atom is -0.497 e. The van der Waals surface area contributed by atoms with E-state index in [0.717, 1.165) is 22.2 Å². The predicted molar refractivity (Wildman–Crippen MR) is 78.0 cm³/mol. The molecule has 0 saturated heterocycles. The molecule has 0 heterocycles. The Morgan fingerprint density at radius 2 is 2.06 bits per heavy atom. The number of alkyl halides is 1. The fraction of sp³-hybridized carbons (Fsp3) is 0.571. The number of unbranched alkanes of at least 4 members (excludes halogenated alkanes) is 3. The van der Waals surface area contributed by atoms with Crippen LogP contribution in [0.15, 0.2) is 22.7 Å². The first-order chi connectivity index (χ1) is 8.19. The van der Waals surface area contributed by atoms with Crippen LogP contribution < -0.4 is 4.74 Å². The summed E-state index contributed by atoms with van der Waals surface area (Å²) in [4.78, 5) is 0.